The van der Waals surface area contributed by atoms with Gasteiger partial charge in [-0.05, 0) is 98.9 Å². The third-order valence-electron chi connectivity index (χ3n) is 4.13. The van der Waals surface area contributed by atoms with Crippen molar-refractivity contribution in [2.75, 3.05) is 6.54 Å². The van der Waals surface area contributed by atoms with Crippen LogP contribution in [0.2, 0.25) is 0 Å². The van der Waals surface area contributed by atoms with E-state index in [2.05, 4.69) is 57.1 Å². The Morgan fingerprint density at radius 3 is 2.40 bits per heavy atom. The van der Waals surface area contributed by atoms with Crippen LogP contribution in [0.15, 0.2) is 54.6 Å². The summed E-state index contributed by atoms with van der Waals surface area (Å²) in [5.41, 5.74) is 1.52. The molecule has 9 heteroatoms. The molecule has 1 N–H and O–H groups in total. The second kappa shape index (κ2) is 9.96. The van der Waals surface area contributed by atoms with Gasteiger partial charge in [-0.1, -0.05) is 18.2 Å². The number of hydrogen-bond donors (Lipinski definition) is 1. The highest BCUT2D eigenvalue weighted by Crippen LogP contribution is 2.31. The summed E-state index contributed by atoms with van der Waals surface area (Å²) in [5.74, 6) is -0.622. The van der Waals surface area contributed by atoms with Crippen molar-refractivity contribution in [2.45, 2.75) is 6.61 Å². The van der Waals surface area contributed by atoms with Crippen LogP contribution in [0.1, 0.15) is 11.1 Å². The Hall–Kier alpha value is -1.86. The highest BCUT2D eigenvalue weighted by Gasteiger charge is 2.32. The smallest absolute Gasteiger partial charge is 0.265 e. The first-order valence-electron chi connectivity index (χ1n) is 8.66. The minimum absolute atomic E-state index is 0.00275. The van der Waals surface area contributed by atoms with Gasteiger partial charge in [0.2, 0.25) is 0 Å². The molecule has 1 heterocycles. The number of halogens is 3. The Balaban J connectivity index is 1.84. The number of nitrogens with one attached hydrogen (secondary N) is 1. The molecular formula is C21H15FI2N2O3S. The van der Waals surface area contributed by atoms with Crippen molar-refractivity contribution in [1.29, 1.82) is 0 Å². The quantitative estimate of drug-likeness (QED) is 0.166. The van der Waals surface area contributed by atoms with E-state index in [1.807, 2.05) is 12.1 Å². The SMILES string of the molecule is C=CCN1C(=O)/C(=C/c2cc(I)c(OCc3ccc(F)cc3)c(I)c2)C(=O)NC1=S. The number of rotatable bonds is 6. The fourth-order valence-corrected chi connectivity index (χ4v) is 5.07. The number of benzene rings is 2. The Labute approximate surface area is 205 Å². The highest BCUT2D eigenvalue weighted by molar-refractivity contribution is 14.1. The number of ether oxygens (including phenoxy) is 1. The Kier molecular flexibility index (Phi) is 7.58. The summed E-state index contributed by atoms with van der Waals surface area (Å²) >= 11 is 9.33. The molecule has 0 saturated carbocycles. The number of carbonyl (C=O) groups is 2. The minimum Gasteiger partial charge on any atom is -0.487 e. The van der Waals surface area contributed by atoms with Crippen molar-refractivity contribution in [3.05, 3.63) is 78.7 Å². The molecule has 1 saturated heterocycles. The molecule has 0 aromatic heterocycles. The first-order chi connectivity index (χ1) is 14.3. The fourth-order valence-electron chi connectivity index (χ4n) is 2.69. The molecular weight excluding hydrogens is 633 g/mol. The predicted molar refractivity (Wildman–Crippen MR) is 133 cm³/mol. The average molecular weight is 648 g/mol. The van der Waals surface area contributed by atoms with E-state index in [1.54, 1.807) is 18.2 Å². The third kappa shape index (κ3) is 5.24. The molecule has 0 radical (unpaired) electrons. The van der Waals surface area contributed by atoms with Gasteiger partial charge in [0.25, 0.3) is 11.8 Å². The van der Waals surface area contributed by atoms with Crippen LogP contribution in [0.25, 0.3) is 6.08 Å². The number of thiocarbonyl (C=S) groups is 1. The van der Waals surface area contributed by atoms with E-state index < -0.39 is 11.8 Å². The topological polar surface area (TPSA) is 58.6 Å². The van der Waals surface area contributed by atoms with E-state index in [1.165, 1.54) is 23.1 Å². The van der Waals surface area contributed by atoms with Crippen molar-refractivity contribution in [3.63, 3.8) is 0 Å². The lowest BCUT2D eigenvalue weighted by Gasteiger charge is -2.27. The van der Waals surface area contributed by atoms with Crippen LogP contribution in [0.3, 0.4) is 0 Å². The van der Waals surface area contributed by atoms with Crippen LogP contribution in [0, 0.1) is 13.0 Å². The second-order valence-corrected chi connectivity index (χ2v) is 8.96. The molecule has 1 aliphatic heterocycles. The molecule has 0 atom stereocenters. The van der Waals surface area contributed by atoms with Crippen molar-refractivity contribution >= 4 is 80.4 Å². The largest absolute Gasteiger partial charge is 0.487 e. The van der Waals surface area contributed by atoms with Gasteiger partial charge < -0.3 is 4.74 Å². The number of hydrogen-bond acceptors (Lipinski definition) is 4. The van der Waals surface area contributed by atoms with Crippen molar-refractivity contribution in [1.82, 2.24) is 10.2 Å². The molecule has 0 aliphatic carbocycles. The normalized spacial score (nSPS) is 15.4. The van der Waals surface area contributed by atoms with E-state index in [0.717, 1.165) is 12.7 Å². The van der Waals surface area contributed by atoms with Crippen LogP contribution >= 0.6 is 57.4 Å². The summed E-state index contributed by atoms with van der Waals surface area (Å²) in [6.07, 6.45) is 3.07. The lowest BCUT2D eigenvalue weighted by molar-refractivity contribution is -0.128. The maximum atomic E-state index is 13.0. The number of amides is 2. The van der Waals surface area contributed by atoms with Gasteiger partial charge in [-0.25, -0.2) is 4.39 Å². The van der Waals surface area contributed by atoms with E-state index >= 15 is 0 Å². The van der Waals surface area contributed by atoms with Crippen LogP contribution in [-0.4, -0.2) is 28.4 Å². The first-order valence-corrected chi connectivity index (χ1v) is 11.2. The van der Waals surface area contributed by atoms with E-state index in [4.69, 9.17) is 17.0 Å². The number of nitrogens with zero attached hydrogens (tertiary/aromatic N) is 1. The molecule has 1 aliphatic rings. The third-order valence-corrected chi connectivity index (χ3v) is 6.05. The zero-order valence-electron chi connectivity index (χ0n) is 15.5. The minimum atomic E-state index is -0.535. The molecule has 2 aromatic carbocycles. The van der Waals surface area contributed by atoms with Gasteiger partial charge in [-0.2, -0.15) is 0 Å². The summed E-state index contributed by atoms with van der Waals surface area (Å²) in [4.78, 5) is 26.2. The average Bonchev–Trinajstić information content (AvgIpc) is 2.69. The molecule has 154 valence electrons. The summed E-state index contributed by atoms with van der Waals surface area (Å²) < 4.78 is 20.6. The molecule has 5 nitrogen and oxygen atoms in total. The van der Waals surface area contributed by atoms with Gasteiger partial charge >= 0.3 is 0 Å². The van der Waals surface area contributed by atoms with Crippen molar-refractivity contribution < 1.29 is 18.7 Å². The second-order valence-electron chi connectivity index (χ2n) is 6.25. The van der Waals surface area contributed by atoms with Crippen LogP contribution < -0.4 is 10.1 Å². The van der Waals surface area contributed by atoms with Gasteiger partial charge in [0, 0.05) is 6.54 Å². The standard InChI is InChI=1S/C21H15FI2N2O3S/c1-2-7-26-20(28)15(19(27)25-21(26)30)8-13-9-16(23)18(17(24)10-13)29-11-12-3-5-14(22)6-4-12/h2-6,8-10H,1,7,11H2,(H,25,27,30)/b15-8+. The molecule has 2 amide bonds. The van der Waals surface area contributed by atoms with Crippen LogP contribution in [0.4, 0.5) is 4.39 Å². The van der Waals surface area contributed by atoms with Crippen molar-refractivity contribution in [3.8, 4) is 5.75 Å². The van der Waals surface area contributed by atoms with Crippen LogP contribution in [0.5, 0.6) is 5.75 Å². The summed E-state index contributed by atoms with van der Waals surface area (Å²) in [6, 6.07) is 9.75. The lowest BCUT2D eigenvalue weighted by atomic mass is 10.1. The van der Waals surface area contributed by atoms with Gasteiger partial charge in [0.05, 0.1) is 7.14 Å². The van der Waals surface area contributed by atoms with Gasteiger partial charge in [0.15, 0.2) is 5.11 Å². The maximum Gasteiger partial charge on any atom is 0.265 e. The maximum absolute atomic E-state index is 13.0. The molecule has 2 aromatic rings. The van der Waals surface area contributed by atoms with Crippen LogP contribution in [-0.2, 0) is 16.2 Å². The van der Waals surface area contributed by atoms with E-state index in [-0.39, 0.29) is 23.0 Å². The molecule has 30 heavy (non-hydrogen) atoms. The van der Waals surface area contributed by atoms with E-state index in [9.17, 15) is 14.0 Å². The molecule has 0 spiro atoms. The molecule has 1 fully saturated rings. The van der Waals surface area contributed by atoms with Crippen molar-refractivity contribution in [2.24, 2.45) is 0 Å². The summed E-state index contributed by atoms with van der Waals surface area (Å²) in [7, 11) is 0. The Bertz CT molecular complexity index is 1050. The Morgan fingerprint density at radius 2 is 1.80 bits per heavy atom. The molecule has 3 rings (SSSR count). The predicted octanol–water partition coefficient (Wildman–Crippen LogP) is 4.43. The summed E-state index contributed by atoms with van der Waals surface area (Å²) in [6.45, 7) is 4.11. The fraction of sp³-hybridized carbons (Fsp3) is 0.0952. The zero-order valence-corrected chi connectivity index (χ0v) is 20.6. The number of carbonyl (C=O) groups excluding carboxylic acids is 2. The monoisotopic (exact) mass is 648 g/mol. The molecule has 0 bridgehead atoms. The van der Waals surface area contributed by atoms with Gasteiger partial charge in [-0.3, -0.25) is 19.8 Å². The zero-order chi connectivity index (χ0) is 21.8. The first kappa shape index (κ1) is 22.8. The highest BCUT2D eigenvalue weighted by atomic mass is 127. The lowest BCUT2D eigenvalue weighted by Crippen LogP contribution is -2.53. The van der Waals surface area contributed by atoms with E-state index in [0.29, 0.717) is 17.9 Å². The van der Waals surface area contributed by atoms with Gasteiger partial charge in [0.1, 0.15) is 23.7 Å². The Morgan fingerprint density at radius 1 is 1.17 bits per heavy atom. The van der Waals surface area contributed by atoms with Gasteiger partial charge in [-0.15, -0.1) is 6.58 Å². The summed E-state index contributed by atoms with van der Waals surface area (Å²) in [5, 5.41) is 2.59. The molecule has 0 unspecified atom stereocenters.